The highest BCUT2D eigenvalue weighted by molar-refractivity contribution is 6.03. The predicted molar refractivity (Wildman–Crippen MR) is 107 cm³/mol. The number of carbonyl (C=O) groups excluding carboxylic acids is 1. The van der Waals surface area contributed by atoms with Gasteiger partial charge in [0.25, 0.3) is 5.91 Å². The normalized spacial score (nSPS) is 11.4. The molecule has 6 heteroatoms. The average Bonchev–Trinajstić information content (AvgIpc) is 3.12. The van der Waals surface area contributed by atoms with Crippen LogP contribution in [0.3, 0.4) is 0 Å². The Morgan fingerprint density at radius 1 is 1.11 bits per heavy atom. The van der Waals surface area contributed by atoms with Crippen LogP contribution in [0.1, 0.15) is 27.2 Å². The van der Waals surface area contributed by atoms with E-state index in [1.807, 2.05) is 61.6 Å². The van der Waals surface area contributed by atoms with Crippen LogP contribution in [0.4, 0.5) is 0 Å². The second-order valence-electron chi connectivity index (χ2n) is 6.04. The summed E-state index contributed by atoms with van der Waals surface area (Å²) < 4.78 is 5.45. The molecule has 0 aliphatic carbocycles. The predicted octanol–water partition coefficient (Wildman–Crippen LogP) is 2.88. The van der Waals surface area contributed by atoms with Crippen molar-refractivity contribution in [3.63, 3.8) is 0 Å². The minimum Gasteiger partial charge on any atom is -0.398 e. The fraction of sp³-hybridized carbons (Fsp3) is 0.143. The molecule has 0 fully saturated rings. The fourth-order valence-corrected chi connectivity index (χ4v) is 2.78. The number of nitrogens with zero attached hydrogens (tertiary/aromatic N) is 1. The molecule has 0 bridgehead atoms. The molecule has 0 aliphatic rings. The first-order valence-electron chi connectivity index (χ1n) is 8.62. The van der Waals surface area contributed by atoms with Gasteiger partial charge in [0.2, 0.25) is 0 Å². The maximum atomic E-state index is 12.4. The largest absolute Gasteiger partial charge is 0.398 e. The summed E-state index contributed by atoms with van der Waals surface area (Å²) in [6, 6.07) is 17.3. The minimum absolute atomic E-state index is 0.279. The van der Waals surface area contributed by atoms with E-state index < -0.39 is 0 Å². The number of nitrogens with one attached hydrogen (secondary N) is 2. The molecule has 0 atom stereocenters. The molecular formula is C21H22N4O2. The fourth-order valence-electron chi connectivity index (χ4n) is 2.78. The van der Waals surface area contributed by atoms with E-state index in [0.29, 0.717) is 22.7 Å². The van der Waals surface area contributed by atoms with E-state index in [-0.39, 0.29) is 5.91 Å². The van der Waals surface area contributed by atoms with Gasteiger partial charge in [-0.3, -0.25) is 4.79 Å². The van der Waals surface area contributed by atoms with Crippen LogP contribution >= 0.6 is 0 Å². The van der Waals surface area contributed by atoms with Crippen LogP contribution in [0, 0.1) is 0 Å². The Kier molecular flexibility index (Phi) is 5.68. The van der Waals surface area contributed by atoms with Gasteiger partial charge in [-0.1, -0.05) is 59.8 Å². The van der Waals surface area contributed by atoms with Gasteiger partial charge in [-0.05, 0) is 18.2 Å². The highest BCUT2D eigenvalue weighted by atomic mass is 16.5. The highest BCUT2D eigenvalue weighted by Crippen LogP contribution is 2.27. The molecule has 0 aliphatic heterocycles. The molecule has 6 nitrogen and oxygen atoms in total. The summed E-state index contributed by atoms with van der Waals surface area (Å²) in [5, 5.41) is 9.84. The standard InChI is InChI=1S/C21H22N4O2/c1-23-13-14-8-10-15(11-9-14)17(22)12-18-19(21(26)24-2)20(25-27-18)16-6-4-3-5-7-16/h3-12,23H,13,22H2,1-2H3,(H,24,26). The molecule has 0 unspecified atom stereocenters. The van der Waals surface area contributed by atoms with Crippen LogP contribution in [0.2, 0.25) is 0 Å². The molecule has 0 spiro atoms. The maximum Gasteiger partial charge on any atom is 0.257 e. The summed E-state index contributed by atoms with van der Waals surface area (Å²) in [6.45, 7) is 0.785. The molecular weight excluding hydrogens is 340 g/mol. The number of nitrogens with two attached hydrogens (primary N) is 1. The Morgan fingerprint density at radius 2 is 1.81 bits per heavy atom. The van der Waals surface area contributed by atoms with Crippen LogP contribution in [0.5, 0.6) is 0 Å². The summed E-state index contributed by atoms with van der Waals surface area (Å²) >= 11 is 0. The van der Waals surface area contributed by atoms with Crippen molar-refractivity contribution in [3.8, 4) is 11.3 Å². The molecule has 0 saturated carbocycles. The molecule has 3 aromatic rings. The zero-order valence-corrected chi connectivity index (χ0v) is 15.3. The van der Waals surface area contributed by atoms with Crippen LogP contribution < -0.4 is 16.4 Å². The lowest BCUT2D eigenvalue weighted by molar-refractivity contribution is 0.0963. The van der Waals surface area contributed by atoms with Crippen LogP contribution in [-0.4, -0.2) is 25.2 Å². The Bertz CT molecular complexity index is 944. The van der Waals surface area contributed by atoms with Crippen molar-refractivity contribution < 1.29 is 9.32 Å². The summed E-state index contributed by atoms with van der Waals surface area (Å²) in [7, 11) is 3.47. The first kappa shape index (κ1) is 18.4. The molecule has 4 N–H and O–H groups in total. The number of aromatic nitrogens is 1. The Balaban J connectivity index is 1.99. The lowest BCUT2D eigenvalue weighted by Crippen LogP contribution is -2.19. The van der Waals surface area contributed by atoms with Gasteiger partial charge in [0, 0.05) is 30.9 Å². The molecule has 0 radical (unpaired) electrons. The number of carbonyl (C=O) groups is 1. The molecule has 1 heterocycles. The first-order valence-corrected chi connectivity index (χ1v) is 8.62. The second kappa shape index (κ2) is 8.33. The van der Waals surface area contributed by atoms with Gasteiger partial charge in [0.15, 0.2) is 5.76 Å². The third-order valence-electron chi connectivity index (χ3n) is 4.17. The van der Waals surface area contributed by atoms with Crippen molar-refractivity contribution in [2.24, 2.45) is 5.73 Å². The Morgan fingerprint density at radius 3 is 2.44 bits per heavy atom. The van der Waals surface area contributed by atoms with Crippen LogP contribution in [-0.2, 0) is 6.54 Å². The van der Waals surface area contributed by atoms with Crippen LogP contribution in [0.15, 0.2) is 59.1 Å². The maximum absolute atomic E-state index is 12.4. The van der Waals surface area contributed by atoms with Gasteiger partial charge in [-0.15, -0.1) is 0 Å². The zero-order valence-electron chi connectivity index (χ0n) is 15.3. The third-order valence-corrected chi connectivity index (χ3v) is 4.17. The van der Waals surface area contributed by atoms with Gasteiger partial charge in [0.1, 0.15) is 11.3 Å². The molecule has 27 heavy (non-hydrogen) atoms. The van der Waals surface area contributed by atoms with Crippen molar-refractivity contribution in [2.45, 2.75) is 6.54 Å². The zero-order chi connectivity index (χ0) is 19.2. The van der Waals surface area contributed by atoms with Gasteiger partial charge in [0.05, 0.1) is 0 Å². The van der Waals surface area contributed by atoms with Gasteiger partial charge >= 0.3 is 0 Å². The van der Waals surface area contributed by atoms with E-state index >= 15 is 0 Å². The van der Waals surface area contributed by atoms with E-state index in [2.05, 4.69) is 15.8 Å². The van der Waals surface area contributed by atoms with E-state index in [1.54, 1.807) is 13.1 Å². The van der Waals surface area contributed by atoms with Crippen LogP contribution in [0.25, 0.3) is 23.0 Å². The average molecular weight is 362 g/mol. The third kappa shape index (κ3) is 4.07. The SMILES string of the molecule is CNCc1ccc(C(N)=Cc2onc(-c3ccccc3)c2C(=O)NC)cc1. The number of rotatable bonds is 6. The van der Waals surface area contributed by atoms with E-state index in [4.69, 9.17) is 10.3 Å². The van der Waals surface area contributed by atoms with Gasteiger partial charge in [-0.2, -0.15) is 0 Å². The van der Waals surface area contributed by atoms with E-state index in [1.165, 1.54) is 0 Å². The molecule has 1 amide bonds. The lowest BCUT2D eigenvalue weighted by Gasteiger charge is -2.05. The van der Waals surface area contributed by atoms with Crippen molar-refractivity contribution >= 4 is 17.7 Å². The summed E-state index contributed by atoms with van der Waals surface area (Å²) in [5.41, 5.74) is 10.4. The summed E-state index contributed by atoms with van der Waals surface area (Å²) in [5.74, 6) is 0.0449. The molecule has 0 saturated heterocycles. The topological polar surface area (TPSA) is 93.2 Å². The molecule has 138 valence electrons. The summed E-state index contributed by atoms with van der Waals surface area (Å²) in [4.78, 5) is 12.4. The van der Waals surface area contributed by atoms with E-state index in [9.17, 15) is 4.79 Å². The lowest BCUT2D eigenvalue weighted by atomic mass is 10.0. The number of amides is 1. The van der Waals surface area contributed by atoms with Crippen molar-refractivity contribution in [3.05, 3.63) is 77.0 Å². The monoisotopic (exact) mass is 362 g/mol. The van der Waals surface area contributed by atoms with Crippen molar-refractivity contribution in [1.29, 1.82) is 0 Å². The van der Waals surface area contributed by atoms with Gasteiger partial charge in [-0.25, -0.2) is 0 Å². The Hall–Kier alpha value is -3.38. The molecule has 2 aromatic carbocycles. The quantitative estimate of drug-likeness (QED) is 0.627. The highest BCUT2D eigenvalue weighted by Gasteiger charge is 2.22. The number of hydrogen-bond acceptors (Lipinski definition) is 5. The van der Waals surface area contributed by atoms with E-state index in [0.717, 1.165) is 23.2 Å². The second-order valence-corrected chi connectivity index (χ2v) is 6.04. The molecule has 3 rings (SSSR count). The van der Waals surface area contributed by atoms with Gasteiger partial charge < -0.3 is 20.9 Å². The summed E-state index contributed by atoms with van der Waals surface area (Å²) in [6.07, 6.45) is 1.64. The minimum atomic E-state index is -0.279. The number of benzene rings is 2. The van der Waals surface area contributed by atoms with Crippen molar-refractivity contribution in [2.75, 3.05) is 14.1 Å². The van der Waals surface area contributed by atoms with Crippen molar-refractivity contribution in [1.82, 2.24) is 15.8 Å². The first-order chi connectivity index (χ1) is 13.1. The number of hydrogen-bond donors (Lipinski definition) is 3. The molecule has 1 aromatic heterocycles. The Labute approximate surface area is 158 Å². The smallest absolute Gasteiger partial charge is 0.257 e.